The highest BCUT2D eigenvalue weighted by Gasteiger charge is 2.16. The highest BCUT2D eigenvalue weighted by atomic mass is 15.3. The SMILES string of the molecule is CCCCc1c2c(nn1CCCC)c(N)nc1ccccc12. The monoisotopic (exact) mass is 296 g/mol. The minimum absolute atomic E-state index is 0.543. The average molecular weight is 296 g/mol. The fourth-order valence-electron chi connectivity index (χ4n) is 3.02. The number of para-hydroxylation sites is 1. The molecule has 1 aromatic carbocycles. The maximum absolute atomic E-state index is 6.17. The van der Waals surface area contributed by atoms with Crippen molar-refractivity contribution in [1.29, 1.82) is 0 Å². The van der Waals surface area contributed by atoms with Gasteiger partial charge in [-0.15, -0.1) is 0 Å². The normalized spacial score (nSPS) is 11.5. The molecule has 0 fully saturated rings. The van der Waals surface area contributed by atoms with Gasteiger partial charge in [-0.05, 0) is 25.3 Å². The number of hydrogen-bond acceptors (Lipinski definition) is 3. The Morgan fingerprint density at radius 2 is 1.86 bits per heavy atom. The molecule has 22 heavy (non-hydrogen) atoms. The summed E-state index contributed by atoms with van der Waals surface area (Å²) in [5, 5.41) is 7.15. The zero-order chi connectivity index (χ0) is 15.5. The van der Waals surface area contributed by atoms with Crippen molar-refractivity contribution in [1.82, 2.24) is 14.8 Å². The van der Waals surface area contributed by atoms with Crippen molar-refractivity contribution in [3.05, 3.63) is 30.0 Å². The van der Waals surface area contributed by atoms with E-state index in [1.807, 2.05) is 12.1 Å². The van der Waals surface area contributed by atoms with Gasteiger partial charge in [-0.1, -0.05) is 44.9 Å². The van der Waals surface area contributed by atoms with Gasteiger partial charge in [-0.25, -0.2) is 4.98 Å². The van der Waals surface area contributed by atoms with Crippen LogP contribution >= 0.6 is 0 Å². The van der Waals surface area contributed by atoms with Crippen molar-refractivity contribution in [2.75, 3.05) is 5.73 Å². The van der Waals surface area contributed by atoms with Crippen molar-refractivity contribution in [2.24, 2.45) is 0 Å². The van der Waals surface area contributed by atoms with Crippen molar-refractivity contribution in [3.8, 4) is 0 Å². The molecule has 4 heteroatoms. The molecule has 0 saturated heterocycles. The molecule has 0 unspecified atom stereocenters. The zero-order valence-electron chi connectivity index (χ0n) is 13.5. The van der Waals surface area contributed by atoms with Gasteiger partial charge in [0.05, 0.1) is 5.52 Å². The summed E-state index contributed by atoms with van der Waals surface area (Å²) in [5.74, 6) is 0.543. The first-order valence-electron chi connectivity index (χ1n) is 8.29. The first kappa shape index (κ1) is 14.8. The summed E-state index contributed by atoms with van der Waals surface area (Å²) in [6.45, 7) is 5.39. The lowest BCUT2D eigenvalue weighted by molar-refractivity contribution is 0.547. The van der Waals surface area contributed by atoms with Crippen LogP contribution in [0, 0.1) is 0 Å². The number of aryl methyl sites for hydroxylation is 2. The second kappa shape index (κ2) is 6.34. The number of aromatic nitrogens is 3. The summed E-state index contributed by atoms with van der Waals surface area (Å²) in [4.78, 5) is 4.52. The number of benzene rings is 1. The number of rotatable bonds is 6. The van der Waals surface area contributed by atoms with Crippen molar-refractivity contribution in [2.45, 2.75) is 52.5 Å². The van der Waals surface area contributed by atoms with Gasteiger partial charge in [0, 0.05) is 23.0 Å². The molecule has 0 atom stereocenters. The third kappa shape index (κ3) is 2.54. The highest BCUT2D eigenvalue weighted by molar-refractivity contribution is 6.09. The van der Waals surface area contributed by atoms with Crippen LogP contribution in [0.2, 0.25) is 0 Å². The lowest BCUT2D eigenvalue weighted by Crippen LogP contribution is -2.05. The van der Waals surface area contributed by atoms with Gasteiger partial charge in [0.2, 0.25) is 0 Å². The minimum Gasteiger partial charge on any atom is -0.382 e. The van der Waals surface area contributed by atoms with E-state index in [0.717, 1.165) is 36.8 Å². The van der Waals surface area contributed by atoms with Gasteiger partial charge < -0.3 is 5.73 Å². The van der Waals surface area contributed by atoms with Crippen LogP contribution in [0.25, 0.3) is 21.8 Å². The zero-order valence-corrected chi connectivity index (χ0v) is 13.5. The molecule has 0 spiro atoms. The molecule has 0 aliphatic heterocycles. The maximum Gasteiger partial charge on any atom is 0.152 e. The molecule has 2 N–H and O–H groups in total. The van der Waals surface area contributed by atoms with E-state index < -0.39 is 0 Å². The number of pyridine rings is 1. The second-order valence-corrected chi connectivity index (χ2v) is 5.86. The number of nitrogens with zero attached hydrogens (tertiary/aromatic N) is 3. The van der Waals surface area contributed by atoms with E-state index in [0.29, 0.717) is 5.82 Å². The molecular weight excluding hydrogens is 272 g/mol. The van der Waals surface area contributed by atoms with Crippen LogP contribution in [0.4, 0.5) is 5.82 Å². The van der Waals surface area contributed by atoms with E-state index in [1.165, 1.54) is 29.3 Å². The van der Waals surface area contributed by atoms with Crippen LogP contribution in [-0.4, -0.2) is 14.8 Å². The number of nitrogen functional groups attached to an aromatic ring is 1. The molecule has 116 valence electrons. The Bertz CT molecular complexity index is 788. The molecule has 0 saturated carbocycles. The van der Waals surface area contributed by atoms with E-state index in [1.54, 1.807) is 0 Å². The summed E-state index contributed by atoms with van der Waals surface area (Å²) in [6.07, 6.45) is 5.70. The summed E-state index contributed by atoms with van der Waals surface area (Å²) in [6, 6.07) is 8.23. The highest BCUT2D eigenvalue weighted by Crippen LogP contribution is 2.31. The molecular formula is C18H24N4. The Hall–Kier alpha value is -2.10. The molecule has 4 nitrogen and oxygen atoms in total. The van der Waals surface area contributed by atoms with Crippen molar-refractivity contribution in [3.63, 3.8) is 0 Å². The molecule has 0 aliphatic rings. The summed E-state index contributed by atoms with van der Waals surface area (Å²) < 4.78 is 2.16. The fourth-order valence-corrected chi connectivity index (χ4v) is 3.02. The lowest BCUT2D eigenvalue weighted by Gasteiger charge is -2.07. The first-order chi connectivity index (χ1) is 10.8. The van der Waals surface area contributed by atoms with Gasteiger partial charge in [-0.2, -0.15) is 5.10 Å². The number of anilines is 1. The Kier molecular flexibility index (Phi) is 4.27. The van der Waals surface area contributed by atoms with Crippen LogP contribution in [-0.2, 0) is 13.0 Å². The smallest absolute Gasteiger partial charge is 0.152 e. The number of hydrogen-bond donors (Lipinski definition) is 1. The molecule has 2 heterocycles. The summed E-state index contributed by atoms with van der Waals surface area (Å²) >= 11 is 0. The predicted molar refractivity (Wildman–Crippen MR) is 93.0 cm³/mol. The molecule has 0 bridgehead atoms. The molecule has 3 rings (SSSR count). The molecule has 0 radical (unpaired) electrons. The lowest BCUT2D eigenvalue weighted by atomic mass is 10.1. The summed E-state index contributed by atoms with van der Waals surface area (Å²) in [5.41, 5.74) is 9.31. The maximum atomic E-state index is 6.17. The molecule has 2 aromatic heterocycles. The third-order valence-corrected chi connectivity index (χ3v) is 4.21. The second-order valence-electron chi connectivity index (χ2n) is 5.86. The van der Waals surface area contributed by atoms with Crippen LogP contribution in [0.15, 0.2) is 24.3 Å². The van der Waals surface area contributed by atoms with Crippen LogP contribution < -0.4 is 5.73 Å². The molecule has 0 aliphatic carbocycles. The van der Waals surface area contributed by atoms with Crippen molar-refractivity contribution < 1.29 is 0 Å². The van der Waals surface area contributed by atoms with Crippen molar-refractivity contribution >= 4 is 27.6 Å². The van der Waals surface area contributed by atoms with Crippen LogP contribution in [0.1, 0.15) is 45.2 Å². The fraction of sp³-hybridized carbons (Fsp3) is 0.444. The first-order valence-corrected chi connectivity index (χ1v) is 8.29. The average Bonchev–Trinajstić information content (AvgIpc) is 2.90. The van der Waals surface area contributed by atoms with E-state index in [9.17, 15) is 0 Å². The van der Waals surface area contributed by atoms with E-state index in [4.69, 9.17) is 10.8 Å². The Labute approximate surface area is 131 Å². The predicted octanol–water partition coefficient (Wildman–Crippen LogP) is 4.31. The van der Waals surface area contributed by atoms with E-state index >= 15 is 0 Å². The summed E-state index contributed by atoms with van der Waals surface area (Å²) in [7, 11) is 0. The Balaban J connectivity index is 2.27. The van der Waals surface area contributed by atoms with Gasteiger partial charge in [-0.3, -0.25) is 4.68 Å². The Morgan fingerprint density at radius 1 is 1.09 bits per heavy atom. The van der Waals surface area contributed by atoms with Crippen LogP contribution in [0.5, 0.6) is 0 Å². The van der Waals surface area contributed by atoms with Gasteiger partial charge in [0.25, 0.3) is 0 Å². The number of nitrogens with two attached hydrogens (primary N) is 1. The third-order valence-electron chi connectivity index (χ3n) is 4.21. The molecule has 0 amide bonds. The largest absolute Gasteiger partial charge is 0.382 e. The standard InChI is InChI=1S/C18H24N4/c1-3-5-11-15-16-13-9-7-8-10-14(13)20-18(19)17(16)21-22(15)12-6-4-2/h7-10H,3-6,11-12H2,1-2H3,(H2,19,20). The minimum atomic E-state index is 0.543. The Morgan fingerprint density at radius 3 is 2.64 bits per heavy atom. The van der Waals surface area contributed by atoms with Gasteiger partial charge >= 0.3 is 0 Å². The number of unbranched alkanes of at least 4 members (excludes halogenated alkanes) is 2. The molecule has 3 aromatic rings. The van der Waals surface area contributed by atoms with E-state index in [-0.39, 0.29) is 0 Å². The topological polar surface area (TPSA) is 56.7 Å². The van der Waals surface area contributed by atoms with Crippen LogP contribution in [0.3, 0.4) is 0 Å². The van der Waals surface area contributed by atoms with Gasteiger partial charge in [0.15, 0.2) is 5.82 Å². The van der Waals surface area contributed by atoms with E-state index in [2.05, 4.69) is 35.6 Å². The quantitative estimate of drug-likeness (QED) is 0.737. The van der Waals surface area contributed by atoms with Gasteiger partial charge in [0.1, 0.15) is 5.52 Å². The number of fused-ring (bicyclic) bond motifs is 3.